The third-order valence-electron chi connectivity index (χ3n) is 4.90. The first-order valence-electron chi connectivity index (χ1n) is 8.26. The summed E-state index contributed by atoms with van der Waals surface area (Å²) in [5.41, 5.74) is 0.754. The van der Waals surface area contributed by atoms with Crippen LogP contribution in [0, 0.1) is 11.8 Å². The lowest BCUT2D eigenvalue weighted by Gasteiger charge is -2.35. The minimum absolute atomic E-state index is 0.181. The van der Waals surface area contributed by atoms with Crippen molar-refractivity contribution in [3.05, 3.63) is 12.1 Å². The molecule has 2 fully saturated rings. The number of nitrogens with zero attached hydrogens (tertiary/aromatic N) is 1. The Morgan fingerprint density at radius 1 is 1.21 bits per heavy atom. The Morgan fingerprint density at radius 2 is 2.00 bits per heavy atom. The third kappa shape index (κ3) is 3.00. The zero-order valence-electron chi connectivity index (χ0n) is 13.8. The molecule has 2 N–H and O–H groups in total. The van der Waals surface area contributed by atoms with Gasteiger partial charge in [-0.1, -0.05) is 11.3 Å². The van der Waals surface area contributed by atoms with Crippen LogP contribution in [0.5, 0.6) is 11.5 Å². The Balaban J connectivity index is 1.41. The number of thiazole rings is 1. The summed E-state index contributed by atoms with van der Waals surface area (Å²) in [4.78, 5) is 16.6. The van der Waals surface area contributed by atoms with E-state index in [9.17, 15) is 4.79 Å². The van der Waals surface area contributed by atoms with Crippen LogP contribution in [0.15, 0.2) is 12.1 Å². The molecule has 0 bridgehead atoms. The highest BCUT2D eigenvalue weighted by Crippen LogP contribution is 2.46. The molecule has 128 valence electrons. The molecule has 2 aromatic rings. The molecule has 0 atom stereocenters. The Hall–Kier alpha value is -2.02. The van der Waals surface area contributed by atoms with Crippen molar-refractivity contribution in [3.8, 4) is 11.5 Å². The molecule has 2 aliphatic carbocycles. The van der Waals surface area contributed by atoms with Crippen LogP contribution in [0.3, 0.4) is 0 Å². The van der Waals surface area contributed by atoms with Gasteiger partial charge in [-0.2, -0.15) is 0 Å². The normalized spacial score (nSPS) is 22.8. The van der Waals surface area contributed by atoms with E-state index in [1.54, 1.807) is 14.2 Å². The molecule has 2 aliphatic rings. The SMILES string of the molecule is COc1cc(OC)c2sc(NC(=O)NC3CC(C4CC4)C3)nc2c1. The molecule has 7 heteroatoms. The van der Waals surface area contributed by atoms with Crippen molar-refractivity contribution < 1.29 is 14.3 Å². The predicted octanol–water partition coefficient (Wildman–Crippen LogP) is 3.62. The summed E-state index contributed by atoms with van der Waals surface area (Å²) in [6, 6.07) is 3.78. The first kappa shape index (κ1) is 15.5. The van der Waals surface area contributed by atoms with E-state index in [-0.39, 0.29) is 6.03 Å². The van der Waals surface area contributed by atoms with Gasteiger partial charge in [-0.05, 0) is 37.5 Å². The Kier molecular flexibility index (Phi) is 3.96. The summed E-state index contributed by atoms with van der Waals surface area (Å²) in [5, 5.41) is 6.44. The number of benzene rings is 1. The number of amides is 2. The number of hydrogen-bond acceptors (Lipinski definition) is 5. The Labute approximate surface area is 144 Å². The van der Waals surface area contributed by atoms with Gasteiger partial charge in [0.15, 0.2) is 5.13 Å². The van der Waals surface area contributed by atoms with E-state index in [4.69, 9.17) is 9.47 Å². The van der Waals surface area contributed by atoms with E-state index in [2.05, 4.69) is 15.6 Å². The zero-order chi connectivity index (χ0) is 16.7. The highest BCUT2D eigenvalue weighted by Gasteiger charge is 2.40. The van der Waals surface area contributed by atoms with E-state index in [1.807, 2.05) is 12.1 Å². The van der Waals surface area contributed by atoms with Gasteiger partial charge in [0.05, 0.1) is 24.4 Å². The Morgan fingerprint density at radius 3 is 2.67 bits per heavy atom. The molecule has 0 radical (unpaired) electrons. The van der Waals surface area contributed by atoms with Crippen LogP contribution < -0.4 is 20.1 Å². The quantitative estimate of drug-likeness (QED) is 0.866. The fourth-order valence-electron chi connectivity index (χ4n) is 3.35. The van der Waals surface area contributed by atoms with E-state index in [1.165, 1.54) is 24.2 Å². The number of carbonyl (C=O) groups is 1. The summed E-state index contributed by atoms with van der Waals surface area (Å²) >= 11 is 1.40. The topological polar surface area (TPSA) is 72.5 Å². The van der Waals surface area contributed by atoms with Crippen LogP contribution in [0.1, 0.15) is 25.7 Å². The molecule has 0 spiro atoms. The molecule has 0 aliphatic heterocycles. The summed E-state index contributed by atoms with van der Waals surface area (Å²) in [6.45, 7) is 0. The smallest absolute Gasteiger partial charge is 0.321 e. The third-order valence-corrected chi connectivity index (χ3v) is 5.91. The number of fused-ring (bicyclic) bond motifs is 1. The maximum atomic E-state index is 12.2. The Bertz CT molecular complexity index is 766. The molecule has 24 heavy (non-hydrogen) atoms. The number of methoxy groups -OCH3 is 2. The van der Waals surface area contributed by atoms with Crippen molar-refractivity contribution in [2.24, 2.45) is 11.8 Å². The van der Waals surface area contributed by atoms with Crippen molar-refractivity contribution in [1.29, 1.82) is 0 Å². The highest BCUT2D eigenvalue weighted by atomic mass is 32.1. The van der Waals surface area contributed by atoms with Gasteiger partial charge in [-0.15, -0.1) is 0 Å². The standard InChI is InChI=1S/C17H21N3O3S/c1-22-12-7-13-15(14(8-12)23-2)24-17(19-13)20-16(21)18-11-5-10(6-11)9-3-4-9/h7-11H,3-6H2,1-2H3,(H2,18,19,20,21). The number of ether oxygens (including phenoxy) is 2. The van der Waals surface area contributed by atoms with Crippen molar-refractivity contribution in [2.75, 3.05) is 19.5 Å². The van der Waals surface area contributed by atoms with Crippen LogP contribution >= 0.6 is 11.3 Å². The van der Waals surface area contributed by atoms with Gasteiger partial charge in [0.1, 0.15) is 11.5 Å². The van der Waals surface area contributed by atoms with Gasteiger partial charge in [-0.25, -0.2) is 9.78 Å². The van der Waals surface area contributed by atoms with Crippen molar-refractivity contribution in [3.63, 3.8) is 0 Å². The number of rotatable bonds is 5. The molecular formula is C17H21N3O3S. The number of carbonyl (C=O) groups excluding carboxylic acids is 1. The molecule has 0 saturated heterocycles. The van der Waals surface area contributed by atoms with Crippen molar-refractivity contribution in [2.45, 2.75) is 31.7 Å². The van der Waals surface area contributed by atoms with Gasteiger partial charge in [0, 0.05) is 18.2 Å². The maximum absolute atomic E-state index is 12.2. The molecule has 1 aromatic carbocycles. The second-order valence-corrected chi connectivity index (χ2v) is 7.56. The summed E-state index contributed by atoms with van der Waals surface area (Å²) < 4.78 is 11.5. The average molecular weight is 347 g/mol. The maximum Gasteiger partial charge on any atom is 0.321 e. The molecule has 4 rings (SSSR count). The summed E-state index contributed by atoms with van der Waals surface area (Å²) in [7, 11) is 3.22. The summed E-state index contributed by atoms with van der Waals surface area (Å²) in [5.74, 6) is 3.13. The van der Waals surface area contributed by atoms with E-state index in [0.29, 0.717) is 22.7 Å². The number of urea groups is 1. The number of nitrogens with one attached hydrogen (secondary N) is 2. The van der Waals surface area contributed by atoms with Gasteiger partial charge in [-0.3, -0.25) is 5.32 Å². The lowest BCUT2D eigenvalue weighted by atomic mass is 9.77. The number of hydrogen-bond donors (Lipinski definition) is 2. The second kappa shape index (κ2) is 6.12. The molecule has 1 aromatic heterocycles. The molecule has 2 saturated carbocycles. The predicted molar refractivity (Wildman–Crippen MR) is 94.1 cm³/mol. The second-order valence-electron chi connectivity index (χ2n) is 6.56. The van der Waals surface area contributed by atoms with E-state index < -0.39 is 0 Å². The van der Waals surface area contributed by atoms with Gasteiger partial charge >= 0.3 is 6.03 Å². The molecule has 2 amide bonds. The van der Waals surface area contributed by atoms with Crippen LogP contribution in [-0.2, 0) is 0 Å². The lowest BCUT2D eigenvalue weighted by molar-refractivity contribution is 0.194. The van der Waals surface area contributed by atoms with Crippen LogP contribution in [0.4, 0.5) is 9.93 Å². The minimum atomic E-state index is -0.181. The van der Waals surface area contributed by atoms with Gasteiger partial charge < -0.3 is 14.8 Å². The van der Waals surface area contributed by atoms with E-state index >= 15 is 0 Å². The van der Waals surface area contributed by atoms with Crippen LogP contribution in [0.25, 0.3) is 10.2 Å². The van der Waals surface area contributed by atoms with Crippen molar-refractivity contribution >= 4 is 32.7 Å². The molecule has 1 heterocycles. The first-order chi connectivity index (χ1) is 11.7. The monoisotopic (exact) mass is 347 g/mol. The fourth-order valence-corrected chi connectivity index (χ4v) is 4.28. The average Bonchev–Trinajstić information content (AvgIpc) is 3.28. The minimum Gasteiger partial charge on any atom is -0.497 e. The van der Waals surface area contributed by atoms with E-state index in [0.717, 1.165) is 34.9 Å². The molecule has 0 unspecified atom stereocenters. The van der Waals surface area contributed by atoms with Crippen molar-refractivity contribution in [1.82, 2.24) is 10.3 Å². The zero-order valence-corrected chi connectivity index (χ0v) is 14.6. The summed E-state index contributed by atoms with van der Waals surface area (Å²) in [6.07, 6.45) is 4.98. The van der Waals surface area contributed by atoms with Gasteiger partial charge in [0.2, 0.25) is 0 Å². The first-order valence-corrected chi connectivity index (χ1v) is 9.08. The molecular weight excluding hydrogens is 326 g/mol. The number of anilines is 1. The lowest BCUT2D eigenvalue weighted by Crippen LogP contribution is -2.46. The van der Waals surface area contributed by atoms with Crippen LogP contribution in [-0.4, -0.2) is 31.3 Å². The largest absolute Gasteiger partial charge is 0.497 e. The van der Waals surface area contributed by atoms with Crippen LogP contribution in [0.2, 0.25) is 0 Å². The molecule has 6 nitrogen and oxygen atoms in total. The highest BCUT2D eigenvalue weighted by molar-refractivity contribution is 7.22. The fraction of sp³-hybridized carbons (Fsp3) is 0.529. The van der Waals surface area contributed by atoms with Gasteiger partial charge in [0.25, 0.3) is 0 Å². The number of aromatic nitrogens is 1.